The maximum atomic E-state index is 11.7. The first kappa shape index (κ1) is 12.4. The van der Waals surface area contributed by atoms with Crippen LogP contribution in [0.5, 0.6) is 0 Å². The number of hydrogen-bond donors (Lipinski definition) is 2. The predicted molar refractivity (Wildman–Crippen MR) is 74.5 cm³/mol. The van der Waals surface area contributed by atoms with Gasteiger partial charge in [-0.1, -0.05) is 0 Å². The third-order valence-corrected chi connectivity index (χ3v) is 4.64. The lowest BCUT2D eigenvalue weighted by Crippen LogP contribution is -3.08. The summed E-state index contributed by atoms with van der Waals surface area (Å²) in [6.07, 6.45) is 0.975. The Bertz CT molecular complexity index is 665. The van der Waals surface area contributed by atoms with Crippen LogP contribution >= 0.6 is 11.3 Å². The number of fused-ring (bicyclic) bond motifs is 2. The Balaban J connectivity index is 2.17. The van der Waals surface area contributed by atoms with E-state index in [1.807, 2.05) is 0 Å². The van der Waals surface area contributed by atoms with E-state index in [4.69, 9.17) is 10.5 Å². The maximum Gasteiger partial charge on any atom is 0.350 e. The molecule has 0 saturated heterocycles. The number of esters is 1. The largest absolute Gasteiger partial charge is 0.465 e. The number of methoxy groups -OCH3 is 1. The van der Waals surface area contributed by atoms with E-state index in [2.05, 4.69) is 18.1 Å². The topological polar surface area (TPSA) is 69.6 Å². The van der Waals surface area contributed by atoms with Crippen LogP contribution in [0.3, 0.4) is 0 Å². The van der Waals surface area contributed by atoms with E-state index < -0.39 is 0 Å². The minimum absolute atomic E-state index is 0.388. The minimum atomic E-state index is -0.388. The number of nitrogens with one attached hydrogen (secondary N) is 1. The van der Waals surface area contributed by atoms with Crippen molar-refractivity contribution in [3.63, 3.8) is 0 Å². The van der Waals surface area contributed by atoms with E-state index in [1.165, 1.54) is 28.9 Å². The summed E-state index contributed by atoms with van der Waals surface area (Å²) in [5.74, 6) is -0.388. The predicted octanol–water partition coefficient (Wildman–Crippen LogP) is 0.236. The standard InChI is InChI=1S/C13H15N3O2S/c1-16-4-3-9-7(6-16)5-8-10(14)11(13(17)18-2)19-12(8)15-9/h5H,3-4,6,14H2,1-2H3/p+1. The summed E-state index contributed by atoms with van der Waals surface area (Å²) in [6, 6.07) is 2.08. The quantitative estimate of drug-likeness (QED) is 0.733. The molecule has 0 aromatic carbocycles. The molecule has 100 valence electrons. The third kappa shape index (κ3) is 1.97. The molecular formula is C13H16N3O2S+. The van der Waals surface area contributed by atoms with Gasteiger partial charge in [-0.25, -0.2) is 9.78 Å². The summed E-state index contributed by atoms with van der Waals surface area (Å²) in [5, 5.41) is 0.874. The van der Waals surface area contributed by atoms with Gasteiger partial charge >= 0.3 is 5.97 Å². The lowest BCUT2D eigenvalue weighted by atomic mass is 10.0. The molecule has 2 aromatic heterocycles. The fraction of sp³-hybridized carbons (Fsp3) is 0.385. The van der Waals surface area contributed by atoms with Crippen molar-refractivity contribution in [2.45, 2.75) is 13.0 Å². The number of ether oxygens (including phenoxy) is 1. The number of nitrogen functional groups attached to an aromatic ring is 1. The number of anilines is 1. The Kier molecular flexibility index (Phi) is 2.91. The molecule has 3 N–H and O–H groups in total. The van der Waals surface area contributed by atoms with Gasteiger partial charge in [0.1, 0.15) is 16.3 Å². The summed E-state index contributed by atoms with van der Waals surface area (Å²) in [4.78, 5) is 19.1. The van der Waals surface area contributed by atoms with Crippen LogP contribution in [0.1, 0.15) is 20.9 Å². The molecule has 0 bridgehead atoms. The molecule has 1 aliphatic heterocycles. The van der Waals surface area contributed by atoms with Crippen molar-refractivity contribution in [3.05, 3.63) is 22.2 Å². The molecule has 1 aliphatic rings. The number of nitrogens with two attached hydrogens (primary N) is 1. The number of carbonyl (C=O) groups excluding carboxylic acids is 1. The molecule has 3 heterocycles. The molecule has 1 unspecified atom stereocenters. The van der Waals surface area contributed by atoms with Gasteiger partial charge in [0.2, 0.25) is 0 Å². The molecule has 0 saturated carbocycles. The van der Waals surface area contributed by atoms with Crippen molar-refractivity contribution in [1.29, 1.82) is 0 Å². The van der Waals surface area contributed by atoms with Crippen LogP contribution in [0.2, 0.25) is 0 Å². The van der Waals surface area contributed by atoms with Crippen LogP contribution in [-0.4, -0.2) is 31.7 Å². The molecule has 0 aliphatic carbocycles. The van der Waals surface area contributed by atoms with Gasteiger partial charge in [0.15, 0.2) is 0 Å². The van der Waals surface area contributed by atoms with Crippen LogP contribution in [0.25, 0.3) is 10.2 Å². The Morgan fingerprint density at radius 3 is 3.11 bits per heavy atom. The molecule has 0 spiro atoms. The number of nitrogens with zero attached hydrogens (tertiary/aromatic N) is 1. The number of pyridine rings is 1. The second-order valence-electron chi connectivity index (χ2n) is 4.92. The van der Waals surface area contributed by atoms with Gasteiger partial charge in [0, 0.05) is 17.4 Å². The molecule has 0 amide bonds. The van der Waals surface area contributed by atoms with Crippen molar-refractivity contribution >= 4 is 33.2 Å². The summed E-state index contributed by atoms with van der Waals surface area (Å²) >= 11 is 1.31. The Hall–Kier alpha value is -1.66. The fourth-order valence-corrected chi connectivity index (χ4v) is 3.49. The maximum absolute atomic E-state index is 11.7. The molecule has 2 aromatic rings. The van der Waals surface area contributed by atoms with E-state index in [9.17, 15) is 4.79 Å². The number of thiophene rings is 1. The van der Waals surface area contributed by atoms with E-state index in [0.717, 1.165) is 35.4 Å². The molecular weight excluding hydrogens is 262 g/mol. The zero-order valence-corrected chi connectivity index (χ0v) is 11.8. The third-order valence-electron chi connectivity index (χ3n) is 3.54. The Morgan fingerprint density at radius 1 is 1.58 bits per heavy atom. The highest BCUT2D eigenvalue weighted by Gasteiger charge is 2.23. The van der Waals surface area contributed by atoms with Crippen molar-refractivity contribution in [2.24, 2.45) is 0 Å². The average molecular weight is 278 g/mol. The molecule has 5 nitrogen and oxygen atoms in total. The highest BCUT2D eigenvalue weighted by Crippen LogP contribution is 2.34. The van der Waals surface area contributed by atoms with Crippen molar-refractivity contribution in [3.8, 4) is 0 Å². The number of rotatable bonds is 1. The van der Waals surface area contributed by atoms with Crippen LogP contribution in [0.4, 0.5) is 5.69 Å². The average Bonchev–Trinajstić information content (AvgIpc) is 2.72. The second kappa shape index (κ2) is 4.47. The van der Waals surface area contributed by atoms with Gasteiger partial charge in [0.25, 0.3) is 0 Å². The van der Waals surface area contributed by atoms with Crippen molar-refractivity contribution in [1.82, 2.24) is 4.98 Å². The Labute approximate surface area is 115 Å². The van der Waals surface area contributed by atoms with E-state index >= 15 is 0 Å². The number of likely N-dealkylation sites (N-methyl/N-ethyl adjacent to an activating group) is 1. The van der Waals surface area contributed by atoms with Gasteiger partial charge in [0.05, 0.1) is 32.1 Å². The van der Waals surface area contributed by atoms with Gasteiger partial charge in [-0.3, -0.25) is 0 Å². The van der Waals surface area contributed by atoms with Crippen LogP contribution in [-0.2, 0) is 17.7 Å². The molecule has 3 rings (SSSR count). The highest BCUT2D eigenvalue weighted by molar-refractivity contribution is 7.21. The summed E-state index contributed by atoms with van der Waals surface area (Å²) < 4.78 is 4.75. The number of quaternary nitrogens is 1. The van der Waals surface area contributed by atoms with E-state index in [-0.39, 0.29) is 5.97 Å². The normalized spacial score (nSPS) is 18.3. The number of carbonyl (C=O) groups is 1. The van der Waals surface area contributed by atoms with Gasteiger partial charge in [-0.15, -0.1) is 11.3 Å². The zero-order chi connectivity index (χ0) is 13.6. The van der Waals surface area contributed by atoms with Crippen LogP contribution in [0, 0.1) is 0 Å². The Morgan fingerprint density at radius 2 is 2.37 bits per heavy atom. The number of aromatic nitrogens is 1. The smallest absolute Gasteiger partial charge is 0.350 e. The van der Waals surface area contributed by atoms with E-state index in [1.54, 1.807) is 0 Å². The molecule has 19 heavy (non-hydrogen) atoms. The first-order chi connectivity index (χ1) is 9.10. The van der Waals surface area contributed by atoms with Crippen molar-refractivity contribution in [2.75, 3.05) is 26.4 Å². The lowest BCUT2D eigenvalue weighted by Gasteiger charge is -2.21. The minimum Gasteiger partial charge on any atom is -0.465 e. The van der Waals surface area contributed by atoms with Crippen molar-refractivity contribution < 1.29 is 14.4 Å². The van der Waals surface area contributed by atoms with Gasteiger partial charge in [-0.05, 0) is 6.07 Å². The first-order valence-electron chi connectivity index (χ1n) is 6.20. The van der Waals surface area contributed by atoms with Gasteiger partial charge < -0.3 is 15.4 Å². The fourth-order valence-electron chi connectivity index (χ4n) is 2.48. The van der Waals surface area contributed by atoms with E-state index in [0.29, 0.717) is 10.6 Å². The second-order valence-corrected chi connectivity index (χ2v) is 5.92. The first-order valence-corrected chi connectivity index (χ1v) is 7.02. The monoisotopic (exact) mass is 278 g/mol. The van der Waals surface area contributed by atoms with Gasteiger partial charge in [-0.2, -0.15) is 0 Å². The molecule has 0 fully saturated rings. The zero-order valence-electron chi connectivity index (χ0n) is 10.9. The highest BCUT2D eigenvalue weighted by atomic mass is 32.1. The SMILES string of the molecule is COC(=O)c1sc2nc3c(cc2c1N)C[NH+](C)CC3. The molecule has 6 heteroatoms. The van der Waals surface area contributed by atoms with Crippen LogP contribution < -0.4 is 10.6 Å². The van der Waals surface area contributed by atoms with Crippen LogP contribution in [0.15, 0.2) is 6.07 Å². The number of hydrogen-bond acceptors (Lipinski definition) is 5. The molecule has 0 radical (unpaired) electrons. The summed E-state index contributed by atoms with van der Waals surface area (Å²) in [5.41, 5.74) is 8.91. The molecule has 1 atom stereocenters. The lowest BCUT2D eigenvalue weighted by molar-refractivity contribution is -0.895. The summed E-state index contributed by atoms with van der Waals surface area (Å²) in [7, 11) is 3.53. The summed E-state index contributed by atoms with van der Waals surface area (Å²) in [6.45, 7) is 2.05.